The summed E-state index contributed by atoms with van der Waals surface area (Å²) < 4.78 is 10.6. The van der Waals surface area contributed by atoms with Gasteiger partial charge in [-0.05, 0) is 43.4 Å². The normalized spacial score (nSPS) is 13.1. The molecule has 1 N–H and O–H groups in total. The number of fused-ring (bicyclic) bond motifs is 3. The maximum absolute atomic E-state index is 12.6. The predicted molar refractivity (Wildman–Crippen MR) is 131 cm³/mol. The van der Waals surface area contributed by atoms with Gasteiger partial charge in [-0.2, -0.15) is 11.8 Å². The number of aromatic amines is 1. The molecule has 1 aromatic carbocycles. The van der Waals surface area contributed by atoms with Crippen molar-refractivity contribution in [3.8, 4) is 11.5 Å². The molecule has 1 amide bonds. The summed E-state index contributed by atoms with van der Waals surface area (Å²) in [6.45, 7) is 0. The number of thiophene rings is 1. The van der Waals surface area contributed by atoms with Crippen LogP contribution >= 0.6 is 23.1 Å². The van der Waals surface area contributed by atoms with Gasteiger partial charge in [0.15, 0.2) is 11.5 Å². The number of ether oxygens (including phenoxy) is 2. The fraction of sp³-hybridized carbons (Fsp3) is 0.435. The maximum atomic E-state index is 12.6. The first-order valence-corrected chi connectivity index (χ1v) is 12.6. The Balaban J connectivity index is 1.34. The van der Waals surface area contributed by atoms with Crippen LogP contribution in [0.15, 0.2) is 23.0 Å². The Morgan fingerprint density at radius 3 is 2.78 bits per heavy atom. The lowest BCUT2D eigenvalue weighted by molar-refractivity contribution is -0.117. The highest BCUT2D eigenvalue weighted by Gasteiger charge is 2.20. The van der Waals surface area contributed by atoms with Crippen LogP contribution in [0.5, 0.6) is 11.5 Å². The Morgan fingerprint density at radius 2 is 2.00 bits per heavy atom. The fourth-order valence-electron chi connectivity index (χ4n) is 3.95. The number of hydrogen-bond donors (Lipinski definition) is 1. The van der Waals surface area contributed by atoms with Crippen LogP contribution in [0.1, 0.15) is 35.5 Å². The molecule has 170 valence electrons. The summed E-state index contributed by atoms with van der Waals surface area (Å²) in [7, 11) is 4.90. The highest BCUT2D eigenvalue weighted by Crippen LogP contribution is 2.34. The van der Waals surface area contributed by atoms with Gasteiger partial charge in [0.1, 0.15) is 10.7 Å². The smallest absolute Gasteiger partial charge is 0.259 e. The van der Waals surface area contributed by atoms with E-state index in [9.17, 15) is 9.59 Å². The molecule has 3 aromatic rings. The standard InChI is InChI=1S/C23H27N3O4S2/c1-26(14-8-9-16(29-2)17(12-14)30-3)20(27)10-11-31-13-19-24-22(28)21-15-6-4-5-7-18(15)32-23(21)25-19/h8-9,12H,4-7,10-11,13H2,1-3H3,(H,24,25,28). The van der Waals surface area contributed by atoms with E-state index in [-0.39, 0.29) is 11.5 Å². The lowest BCUT2D eigenvalue weighted by Crippen LogP contribution is -2.26. The van der Waals surface area contributed by atoms with Crippen LogP contribution in [0.25, 0.3) is 10.2 Å². The quantitative estimate of drug-likeness (QED) is 0.495. The van der Waals surface area contributed by atoms with E-state index in [2.05, 4.69) is 4.98 Å². The minimum Gasteiger partial charge on any atom is -0.493 e. The number of carbonyl (C=O) groups is 1. The van der Waals surface area contributed by atoms with Crippen LogP contribution in [0.4, 0.5) is 5.69 Å². The van der Waals surface area contributed by atoms with Crippen molar-refractivity contribution in [3.63, 3.8) is 0 Å². The molecule has 9 heteroatoms. The summed E-state index contributed by atoms with van der Waals surface area (Å²) in [5.41, 5.74) is 1.91. The lowest BCUT2D eigenvalue weighted by atomic mass is 9.97. The van der Waals surface area contributed by atoms with Crippen molar-refractivity contribution in [2.24, 2.45) is 0 Å². The number of nitrogens with one attached hydrogen (secondary N) is 1. The van der Waals surface area contributed by atoms with Crippen molar-refractivity contribution in [2.45, 2.75) is 37.9 Å². The van der Waals surface area contributed by atoms with Crippen molar-refractivity contribution >= 4 is 44.9 Å². The molecular weight excluding hydrogens is 446 g/mol. The number of rotatable bonds is 8. The molecule has 2 aromatic heterocycles. The zero-order valence-electron chi connectivity index (χ0n) is 18.5. The van der Waals surface area contributed by atoms with E-state index in [1.807, 2.05) is 6.07 Å². The maximum Gasteiger partial charge on any atom is 0.259 e. The number of methoxy groups -OCH3 is 2. The van der Waals surface area contributed by atoms with E-state index in [1.54, 1.807) is 61.4 Å². The van der Waals surface area contributed by atoms with Gasteiger partial charge in [-0.25, -0.2) is 4.98 Å². The molecule has 2 heterocycles. The Bertz CT molecular complexity index is 1190. The summed E-state index contributed by atoms with van der Waals surface area (Å²) in [5, 5.41) is 0.783. The molecule has 7 nitrogen and oxygen atoms in total. The molecule has 32 heavy (non-hydrogen) atoms. The molecule has 0 spiro atoms. The second-order valence-corrected chi connectivity index (χ2v) is 9.89. The second kappa shape index (κ2) is 9.95. The number of amides is 1. The number of hydrogen-bond acceptors (Lipinski definition) is 7. The molecule has 4 rings (SSSR count). The van der Waals surface area contributed by atoms with Gasteiger partial charge in [0.25, 0.3) is 5.56 Å². The molecule has 0 fully saturated rings. The van der Waals surface area contributed by atoms with E-state index >= 15 is 0 Å². The van der Waals surface area contributed by atoms with Crippen LogP contribution in [-0.2, 0) is 23.4 Å². The third-order valence-corrected chi connectivity index (χ3v) is 7.86. The first-order chi connectivity index (χ1) is 15.5. The minimum absolute atomic E-state index is 0.00700. The molecule has 0 saturated carbocycles. The highest BCUT2D eigenvalue weighted by molar-refractivity contribution is 7.98. The van der Waals surface area contributed by atoms with Crippen LogP contribution in [0.3, 0.4) is 0 Å². The molecule has 0 bridgehead atoms. The number of benzene rings is 1. The molecule has 0 saturated heterocycles. The van der Waals surface area contributed by atoms with Gasteiger partial charge in [0.05, 0.1) is 25.4 Å². The summed E-state index contributed by atoms with van der Waals surface area (Å²) in [5.74, 6) is 3.09. The van der Waals surface area contributed by atoms with Crippen LogP contribution in [-0.4, -0.2) is 42.9 Å². The number of thioether (sulfide) groups is 1. The Kier molecular flexibility index (Phi) is 7.05. The van der Waals surface area contributed by atoms with Gasteiger partial charge in [0, 0.05) is 35.9 Å². The molecule has 0 aliphatic heterocycles. The topological polar surface area (TPSA) is 84.5 Å². The van der Waals surface area contributed by atoms with Gasteiger partial charge >= 0.3 is 0 Å². The zero-order valence-corrected chi connectivity index (χ0v) is 20.2. The molecule has 0 atom stereocenters. The summed E-state index contributed by atoms with van der Waals surface area (Å²) in [6.07, 6.45) is 4.74. The SMILES string of the molecule is COc1ccc(N(C)C(=O)CCSCc2nc3sc4c(c3c(=O)[nH]2)CCCC4)cc1OC. The second-order valence-electron chi connectivity index (χ2n) is 7.70. The Morgan fingerprint density at radius 1 is 1.22 bits per heavy atom. The van der Waals surface area contributed by atoms with Crippen molar-refractivity contribution in [2.75, 3.05) is 31.9 Å². The average molecular weight is 474 g/mol. The number of anilines is 1. The monoisotopic (exact) mass is 473 g/mol. The first-order valence-electron chi connectivity index (χ1n) is 10.6. The molecule has 0 unspecified atom stereocenters. The minimum atomic E-state index is -0.0331. The lowest BCUT2D eigenvalue weighted by Gasteiger charge is -2.19. The van der Waals surface area contributed by atoms with E-state index in [1.165, 1.54) is 16.9 Å². The Hall–Kier alpha value is -2.52. The molecule has 1 aliphatic carbocycles. The number of aryl methyl sites for hydroxylation is 2. The van der Waals surface area contributed by atoms with Gasteiger partial charge in [-0.1, -0.05) is 0 Å². The average Bonchev–Trinajstić information content (AvgIpc) is 3.19. The third-order valence-electron chi connectivity index (χ3n) is 5.70. The zero-order chi connectivity index (χ0) is 22.7. The molecular formula is C23H27N3O4S2. The largest absolute Gasteiger partial charge is 0.493 e. The van der Waals surface area contributed by atoms with E-state index in [0.717, 1.165) is 35.2 Å². The van der Waals surface area contributed by atoms with Gasteiger partial charge in [-0.3, -0.25) is 9.59 Å². The summed E-state index contributed by atoms with van der Waals surface area (Å²) in [6, 6.07) is 5.40. The number of H-pyrrole nitrogens is 1. The van der Waals surface area contributed by atoms with Gasteiger partial charge in [0.2, 0.25) is 5.91 Å². The Labute approximate surface area is 195 Å². The molecule has 1 aliphatic rings. The van der Waals surface area contributed by atoms with Gasteiger partial charge in [-0.15, -0.1) is 11.3 Å². The van der Waals surface area contributed by atoms with Crippen molar-refractivity contribution in [1.82, 2.24) is 9.97 Å². The summed E-state index contributed by atoms with van der Waals surface area (Å²) >= 11 is 3.25. The van der Waals surface area contributed by atoms with Crippen molar-refractivity contribution in [1.29, 1.82) is 0 Å². The first kappa shape index (κ1) is 22.7. The van der Waals surface area contributed by atoms with E-state index < -0.39 is 0 Å². The number of nitrogens with zero attached hydrogens (tertiary/aromatic N) is 2. The molecule has 0 radical (unpaired) electrons. The number of aromatic nitrogens is 2. The third kappa shape index (κ3) is 4.63. The van der Waals surface area contributed by atoms with Crippen LogP contribution in [0, 0.1) is 0 Å². The van der Waals surface area contributed by atoms with Crippen LogP contribution in [0.2, 0.25) is 0 Å². The van der Waals surface area contributed by atoms with Crippen molar-refractivity contribution < 1.29 is 14.3 Å². The van der Waals surface area contributed by atoms with Crippen LogP contribution < -0.4 is 19.9 Å². The highest BCUT2D eigenvalue weighted by atomic mass is 32.2. The fourth-order valence-corrected chi connectivity index (χ4v) is 6.02. The van der Waals surface area contributed by atoms with Crippen molar-refractivity contribution in [3.05, 3.63) is 44.8 Å². The van der Waals surface area contributed by atoms with E-state index in [4.69, 9.17) is 14.5 Å². The van der Waals surface area contributed by atoms with E-state index in [0.29, 0.717) is 35.2 Å². The predicted octanol–water partition coefficient (Wildman–Crippen LogP) is 4.17. The van der Waals surface area contributed by atoms with Gasteiger partial charge < -0.3 is 19.4 Å². The summed E-state index contributed by atoms with van der Waals surface area (Å²) in [4.78, 5) is 36.7. The number of carbonyl (C=O) groups excluding carboxylic acids is 1.